The van der Waals surface area contributed by atoms with Crippen molar-refractivity contribution in [3.05, 3.63) is 16.1 Å². The van der Waals surface area contributed by atoms with Crippen molar-refractivity contribution >= 4 is 22.0 Å². The van der Waals surface area contributed by atoms with E-state index in [4.69, 9.17) is 9.47 Å². The summed E-state index contributed by atoms with van der Waals surface area (Å²) in [6, 6.07) is 1.46. The Kier molecular flexibility index (Phi) is 3.32. The molecule has 0 amide bonds. The molecule has 1 aliphatic carbocycles. The largest absolute Gasteiger partial charge is 0.507 e. The molecule has 1 fully saturated rings. The molecule has 96 valence electrons. The molecule has 1 saturated carbocycles. The summed E-state index contributed by atoms with van der Waals surface area (Å²) in [6.07, 6.45) is 2.96. The van der Waals surface area contributed by atoms with Crippen LogP contribution in [0.3, 0.4) is 0 Å². The summed E-state index contributed by atoms with van der Waals surface area (Å²) < 4.78 is 10.9. The number of aliphatic imine (C=N–C) groups is 1. The van der Waals surface area contributed by atoms with Gasteiger partial charge in [0, 0.05) is 11.6 Å². The quantitative estimate of drug-likeness (QED) is 0.685. The second-order valence-electron chi connectivity index (χ2n) is 4.05. The maximum Gasteiger partial charge on any atom is 0.235 e. The number of nitrogens with zero attached hydrogens (tertiary/aromatic N) is 1. The molecule has 0 saturated heterocycles. The number of hydrogen-bond donors (Lipinski definition) is 1. The lowest BCUT2D eigenvalue weighted by Crippen LogP contribution is -2.06. The van der Waals surface area contributed by atoms with Crippen LogP contribution in [-0.2, 0) is 10.3 Å². The van der Waals surface area contributed by atoms with Crippen LogP contribution in [0.15, 0.2) is 15.5 Å². The Morgan fingerprint density at radius 3 is 2.56 bits per heavy atom. The van der Waals surface area contributed by atoms with Crippen molar-refractivity contribution in [1.82, 2.24) is 0 Å². The van der Waals surface area contributed by atoms with Gasteiger partial charge < -0.3 is 14.6 Å². The van der Waals surface area contributed by atoms with E-state index in [-0.39, 0.29) is 5.75 Å². The third-order valence-electron chi connectivity index (χ3n) is 3.04. The Labute approximate surface area is 113 Å². The van der Waals surface area contributed by atoms with E-state index in [2.05, 4.69) is 20.9 Å². The van der Waals surface area contributed by atoms with Crippen LogP contribution < -0.4 is 9.47 Å². The minimum absolute atomic E-state index is 0.0241. The number of ether oxygens (including phenoxy) is 2. The number of methoxy groups -OCH3 is 2. The van der Waals surface area contributed by atoms with Crippen molar-refractivity contribution in [3.63, 3.8) is 0 Å². The van der Waals surface area contributed by atoms with Gasteiger partial charge >= 0.3 is 0 Å². The fraction of sp³-hybridized carbons (Fsp3) is 0.417. The molecule has 5 nitrogen and oxygen atoms in total. The highest BCUT2D eigenvalue weighted by Gasteiger charge is 2.49. The minimum Gasteiger partial charge on any atom is -0.507 e. The summed E-state index contributed by atoms with van der Waals surface area (Å²) in [6.45, 7) is 0. The molecular weight excluding hydrogens is 302 g/mol. The first kappa shape index (κ1) is 12.9. The molecule has 1 aromatic carbocycles. The number of hydrogen-bond acceptors (Lipinski definition) is 5. The maximum atomic E-state index is 10.5. The van der Waals surface area contributed by atoms with Gasteiger partial charge in [-0.3, -0.25) is 0 Å². The van der Waals surface area contributed by atoms with Crippen LogP contribution in [0.5, 0.6) is 17.2 Å². The van der Waals surface area contributed by atoms with Crippen molar-refractivity contribution in [2.45, 2.75) is 18.4 Å². The van der Waals surface area contributed by atoms with Gasteiger partial charge in [-0.25, -0.2) is 4.79 Å². The molecule has 18 heavy (non-hydrogen) atoms. The van der Waals surface area contributed by atoms with Crippen LogP contribution in [0.4, 0.5) is 0 Å². The van der Waals surface area contributed by atoms with Crippen LogP contribution in [0.25, 0.3) is 0 Å². The van der Waals surface area contributed by atoms with Gasteiger partial charge in [0.05, 0.1) is 18.7 Å². The lowest BCUT2D eigenvalue weighted by molar-refractivity contribution is 0.347. The number of isocyanates is 1. The molecule has 1 aromatic rings. The molecule has 0 aliphatic heterocycles. The molecule has 2 rings (SSSR count). The summed E-state index contributed by atoms with van der Waals surface area (Å²) in [4.78, 5) is 14.3. The van der Waals surface area contributed by atoms with E-state index in [1.165, 1.54) is 20.3 Å². The Balaban J connectivity index is 2.65. The third kappa shape index (κ3) is 1.87. The van der Waals surface area contributed by atoms with Crippen LogP contribution in [0.2, 0.25) is 0 Å². The third-order valence-corrected chi connectivity index (χ3v) is 3.80. The zero-order valence-corrected chi connectivity index (χ0v) is 11.6. The number of rotatable bonds is 4. The number of benzene rings is 1. The minimum atomic E-state index is -0.676. The molecule has 0 bridgehead atoms. The van der Waals surface area contributed by atoms with Gasteiger partial charge in [0.25, 0.3) is 0 Å². The number of carbonyl (C=O) groups excluding carboxylic acids is 1. The predicted octanol–water partition coefficient (Wildman–Crippen LogP) is 2.50. The molecule has 0 aromatic heterocycles. The van der Waals surface area contributed by atoms with E-state index in [0.29, 0.717) is 34.4 Å². The van der Waals surface area contributed by atoms with E-state index in [9.17, 15) is 9.90 Å². The van der Waals surface area contributed by atoms with Gasteiger partial charge in [0.15, 0.2) is 11.5 Å². The predicted molar refractivity (Wildman–Crippen MR) is 67.9 cm³/mol. The van der Waals surface area contributed by atoms with Crippen molar-refractivity contribution < 1.29 is 19.4 Å². The average molecular weight is 314 g/mol. The van der Waals surface area contributed by atoms with E-state index in [1.54, 1.807) is 6.08 Å². The molecule has 0 radical (unpaired) electrons. The highest BCUT2D eigenvalue weighted by Crippen LogP contribution is 2.57. The highest BCUT2D eigenvalue weighted by atomic mass is 79.9. The Bertz CT molecular complexity index is 533. The molecule has 0 spiro atoms. The van der Waals surface area contributed by atoms with E-state index in [1.807, 2.05) is 0 Å². The molecule has 0 unspecified atom stereocenters. The first-order valence-electron chi connectivity index (χ1n) is 5.32. The van der Waals surface area contributed by atoms with Gasteiger partial charge in [-0.1, -0.05) is 0 Å². The fourth-order valence-electron chi connectivity index (χ4n) is 2.00. The van der Waals surface area contributed by atoms with Gasteiger partial charge in [0.1, 0.15) is 11.3 Å². The number of phenolic OH excluding ortho intramolecular Hbond substituents is 1. The number of aromatic hydroxyl groups is 1. The molecule has 1 aliphatic rings. The molecule has 1 N–H and O–H groups in total. The fourth-order valence-corrected chi connectivity index (χ4v) is 2.93. The Hall–Kier alpha value is -1.52. The van der Waals surface area contributed by atoms with Gasteiger partial charge in [-0.05, 0) is 28.8 Å². The summed E-state index contributed by atoms with van der Waals surface area (Å²) in [5, 5.41) is 10.1. The second-order valence-corrected chi connectivity index (χ2v) is 4.85. The Morgan fingerprint density at radius 1 is 1.44 bits per heavy atom. The smallest absolute Gasteiger partial charge is 0.235 e. The van der Waals surface area contributed by atoms with Crippen LogP contribution in [0.1, 0.15) is 18.4 Å². The topological polar surface area (TPSA) is 68.1 Å². The van der Waals surface area contributed by atoms with E-state index >= 15 is 0 Å². The van der Waals surface area contributed by atoms with Crippen LogP contribution >= 0.6 is 15.9 Å². The van der Waals surface area contributed by atoms with Crippen molar-refractivity contribution in [1.29, 1.82) is 0 Å². The van der Waals surface area contributed by atoms with Crippen molar-refractivity contribution in [3.8, 4) is 17.2 Å². The standard InChI is InChI=1S/C12H12BrNO4/c1-17-8-5-7(16)9(10(13)11(8)18-2)12(3-4-12)14-6-15/h5,16H,3-4H2,1-2H3. The summed E-state index contributed by atoms with van der Waals surface area (Å²) in [5.41, 5.74) is -0.131. The molecule has 0 atom stereocenters. The summed E-state index contributed by atoms with van der Waals surface area (Å²) in [7, 11) is 2.99. The highest BCUT2D eigenvalue weighted by molar-refractivity contribution is 9.10. The average Bonchev–Trinajstić information content (AvgIpc) is 3.09. The zero-order chi connectivity index (χ0) is 13.3. The first-order valence-corrected chi connectivity index (χ1v) is 6.12. The normalized spacial score (nSPS) is 15.7. The lowest BCUT2D eigenvalue weighted by Gasteiger charge is -2.18. The zero-order valence-electron chi connectivity index (χ0n) is 9.99. The second kappa shape index (κ2) is 4.63. The van der Waals surface area contributed by atoms with E-state index < -0.39 is 5.54 Å². The molecular formula is C12H12BrNO4. The number of halogens is 1. The van der Waals surface area contributed by atoms with Gasteiger partial charge in [-0.2, -0.15) is 4.99 Å². The van der Waals surface area contributed by atoms with Crippen molar-refractivity contribution in [2.24, 2.45) is 4.99 Å². The number of phenols is 1. The van der Waals surface area contributed by atoms with Crippen LogP contribution in [-0.4, -0.2) is 25.4 Å². The lowest BCUT2D eigenvalue weighted by atomic mass is 10.0. The summed E-state index contributed by atoms with van der Waals surface area (Å²) in [5.74, 6) is 0.908. The summed E-state index contributed by atoms with van der Waals surface area (Å²) >= 11 is 3.37. The molecule has 6 heteroatoms. The maximum absolute atomic E-state index is 10.5. The van der Waals surface area contributed by atoms with Crippen molar-refractivity contribution in [2.75, 3.05) is 14.2 Å². The first-order chi connectivity index (χ1) is 8.59. The van der Waals surface area contributed by atoms with E-state index in [0.717, 1.165) is 0 Å². The SMILES string of the molecule is COc1cc(O)c(C2(N=C=O)CC2)c(Br)c1OC. The Morgan fingerprint density at radius 2 is 2.11 bits per heavy atom. The monoisotopic (exact) mass is 313 g/mol. The van der Waals surface area contributed by atoms with Crippen LogP contribution in [0, 0.1) is 0 Å². The molecule has 0 heterocycles. The van der Waals surface area contributed by atoms with Gasteiger partial charge in [-0.15, -0.1) is 0 Å². The van der Waals surface area contributed by atoms with Gasteiger partial charge in [0.2, 0.25) is 6.08 Å².